The Kier molecular flexibility index (Phi) is 3.46. The summed E-state index contributed by atoms with van der Waals surface area (Å²) in [6.07, 6.45) is -18.0. The second-order valence-electron chi connectivity index (χ2n) is 3.38. The maximum Gasteiger partial charge on any atom is 0.449 e. The number of hydrogen-bond acceptors (Lipinski definition) is 1. The summed E-state index contributed by atoms with van der Waals surface area (Å²) >= 11 is 4.45. The van der Waals surface area contributed by atoms with E-state index in [1.165, 1.54) is 0 Å². The lowest BCUT2D eigenvalue weighted by atomic mass is 9.91. The van der Waals surface area contributed by atoms with E-state index in [-0.39, 0.29) is 0 Å². The minimum atomic E-state index is -6.97. The number of hydrogen-bond donors (Lipinski definition) is 0. The van der Waals surface area contributed by atoms with Crippen molar-refractivity contribution < 1.29 is 48.6 Å². The smallest absolute Gasteiger partial charge is 0.415 e. The third-order valence-electron chi connectivity index (χ3n) is 2.20. The molecule has 19 heavy (non-hydrogen) atoms. The standard InChI is InChI=1S/C7HClF10O/c8-3-1(9)2(10)4(11,12)5(13,6(14,15)16)7(17,18)19-3/h2H. The van der Waals surface area contributed by atoms with E-state index in [0.29, 0.717) is 0 Å². The number of halogens is 11. The highest BCUT2D eigenvalue weighted by Crippen LogP contribution is 2.59. The van der Waals surface area contributed by atoms with E-state index in [9.17, 15) is 43.9 Å². The van der Waals surface area contributed by atoms with Gasteiger partial charge in [0.25, 0.3) is 0 Å². The maximum atomic E-state index is 13.3. The molecule has 0 saturated heterocycles. The molecular weight excluding hydrogens is 326 g/mol. The molecular formula is C7HClF10O. The van der Waals surface area contributed by atoms with Crippen molar-refractivity contribution in [3.05, 3.63) is 11.0 Å². The molecule has 1 nitrogen and oxygen atoms in total. The Bertz CT molecular complexity index is 415. The Hall–Kier alpha value is -0.870. The quantitative estimate of drug-likeness (QED) is 0.605. The molecule has 0 saturated carbocycles. The summed E-state index contributed by atoms with van der Waals surface area (Å²) in [5.41, 5.74) is -6.81. The number of rotatable bonds is 0. The van der Waals surface area contributed by atoms with E-state index in [1.54, 1.807) is 0 Å². The lowest BCUT2D eigenvalue weighted by molar-refractivity contribution is -0.420. The molecule has 0 spiro atoms. The Labute approximate surface area is 102 Å². The van der Waals surface area contributed by atoms with Gasteiger partial charge in [-0.3, -0.25) is 0 Å². The first-order valence-corrected chi connectivity index (χ1v) is 4.47. The molecule has 0 aromatic rings. The SMILES string of the molecule is FC1=C(Cl)OC(F)(F)C(F)(C(F)(F)F)C(F)(F)C1F. The summed E-state index contributed by atoms with van der Waals surface area (Å²) in [6.45, 7) is 0. The maximum absolute atomic E-state index is 13.3. The molecule has 0 aliphatic carbocycles. The van der Waals surface area contributed by atoms with Gasteiger partial charge in [-0.05, 0) is 11.6 Å². The lowest BCUT2D eigenvalue weighted by Gasteiger charge is -2.37. The zero-order chi connectivity index (χ0) is 15.4. The molecule has 1 heterocycles. The van der Waals surface area contributed by atoms with Crippen LogP contribution in [-0.4, -0.2) is 30.0 Å². The summed E-state index contributed by atoms with van der Waals surface area (Å²) in [6, 6.07) is 0. The molecule has 112 valence electrons. The summed E-state index contributed by atoms with van der Waals surface area (Å²) in [5, 5.41) is -2.43. The summed E-state index contributed by atoms with van der Waals surface area (Å²) in [5.74, 6) is -9.48. The van der Waals surface area contributed by atoms with Crippen molar-refractivity contribution >= 4 is 11.6 Å². The van der Waals surface area contributed by atoms with E-state index in [1.807, 2.05) is 0 Å². The molecule has 0 N–H and O–H groups in total. The van der Waals surface area contributed by atoms with Gasteiger partial charge in [0.15, 0.2) is 5.83 Å². The molecule has 0 amide bonds. The molecule has 2 atom stereocenters. The van der Waals surface area contributed by atoms with E-state index in [4.69, 9.17) is 0 Å². The van der Waals surface area contributed by atoms with Gasteiger partial charge in [0.05, 0.1) is 0 Å². The first-order valence-electron chi connectivity index (χ1n) is 4.09. The predicted molar refractivity (Wildman–Crippen MR) is 39.8 cm³/mol. The summed E-state index contributed by atoms with van der Waals surface area (Å²) in [7, 11) is 0. The highest BCUT2D eigenvalue weighted by atomic mass is 35.5. The molecule has 2 unspecified atom stereocenters. The minimum Gasteiger partial charge on any atom is -0.415 e. The van der Waals surface area contributed by atoms with E-state index in [2.05, 4.69) is 16.3 Å². The molecule has 0 bridgehead atoms. The van der Waals surface area contributed by atoms with Gasteiger partial charge in [0.1, 0.15) is 0 Å². The van der Waals surface area contributed by atoms with Crippen molar-refractivity contribution in [2.24, 2.45) is 0 Å². The van der Waals surface area contributed by atoms with Crippen LogP contribution in [0.2, 0.25) is 0 Å². The lowest BCUT2D eigenvalue weighted by Crippen LogP contribution is -2.68. The third-order valence-corrected chi connectivity index (χ3v) is 2.46. The zero-order valence-corrected chi connectivity index (χ0v) is 8.90. The number of alkyl halides is 9. The van der Waals surface area contributed by atoms with Gasteiger partial charge in [-0.1, -0.05) is 0 Å². The first-order chi connectivity index (χ1) is 8.20. The van der Waals surface area contributed by atoms with Crippen LogP contribution in [0.3, 0.4) is 0 Å². The summed E-state index contributed by atoms with van der Waals surface area (Å²) < 4.78 is 130. The average molecular weight is 327 g/mol. The Balaban J connectivity index is 3.63. The van der Waals surface area contributed by atoms with Gasteiger partial charge in [-0.25, -0.2) is 13.2 Å². The van der Waals surface area contributed by atoms with E-state index in [0.717, 1.165) is 0 Å². The van der Waals surface area contributed by atoms with Crippen molar-refractivity contribution in [2.45, 2.75) is 30.0 Å². The van der Waals surface area contributed by atoms with Crippen LogP contribution in [0.5, 0.6) is 0 Å². The molecule has 1 aliphatic rings. The van der Waals surface area contributed by atoms with Crippen molar-refractivity contribution in [3.8, 4) is 0 Å². The Morgan fingerprint density at radius 2 is 1.47 bits per heavy atom. The highest BCUT2D eigenvalue weighted by molar-refractivity contribution is 6.28. The molecule has 0 radical (unpaired) electrons. The van der Waals surface area contributed by atoms with Crippen LogP contribution in [0.4, 0.5) is 43.9 Å². The van der Waals surface area contributed by atoms with Gasteiger partial charge in [-0.2, -0.15) is 30.7 Å². The van der Waals surface area contributed by atoms with Gasteiger partial charge in [0, 0.05) is 0 Å². The van der Waals surface area contributed by atoms with E-state index >= 15 is 0 Å². The van der Waals surface area contributed by atoms with Crippen LogP contribution in [0, 0.1) is 0 Å². The van der Waals surface area contributed by atoms with Gasteiger partial charge in [-0.15, -0.1) is 0 Å². The molecule has 1 rings (SSSR count). The highest BCUT2D eigenvalue weighted by Gasteiger charge is 2.88. The van der Waals surface area contributed by atoms with Crippen molar-refractivity contribution in [1.82, 2.24) is 0 Å². The number of allylic oxidation sites excluding steroid dienone is 1. The third kappa shape index (κ3) is 1.93. The van der Waals surface area contributed by atoms with Crippen LogP contribution < -0.4 is 0 Å². The Morgan fingerprint density at radius 1 is 1.05 bits per heavy atom. The first kappa shape index (κ1) is 16.2. The topological polar surface area (TPSA) is 9.23 Å². The molecule has 0 aromatic heterocycles. The molecule has 0 fully saturated rings. The monoisotopic (exact) mass is 326 g/mol. The normalized spacial score (nSPS) is 34.8. The van der Waals surface area contributed by atoms with Gasteiger partial charge in [0.2, 0.25) is 11.4 Å². The molecule has 0 aromatic carbocycles. The van der Waals surface area contributed by atoms with Crippen LogP contribution >= 0.6 is 11.6 Å². The molecule has 1 aliphatic heterocycles. The average Bonchev–Trinajstić information content (AvgIpc) is 2.24. The molecule has 12 heteroatoms. The predicted octanol–water partition coefficient (Wildman–Crippen LogP) is 4.23. The zero-order valence-electron chi connectivity index (χ0n) is 8.14. The van der Waals surface area contributed by atoms with Crippen LogP contribution in [0.1, 0.15) is 0 Å². The van der Waals surface area contributed by atoms with Crippen LogP contribution in [-0.2, 0) is 4.74 Å². The van der Waals surface area contributed by atoms with E-state index < -0.39 is 41.1 Å². The van der Waals surface area contributed by atoms with Crippen molar-refractivity contribution in [3.63, 3.8) is 0 Å². The second-order valence-corrected chi connectivity index (χ2v) is 3.73. The van der Waals surface area contributed by atoms with Gasteiger partial charge >= 0.3 is 23.9 Å². The van der Waals surface area contributed by atoms with Crippen molar-refractivity contribution in [2.75, 3.05) is 0 Å². The minimum absolute atomic E-state index is 2.43. The fraction of sp³-hybridized carbons (Fsp3) is 0.714. The number of ether oxygens (including phenoxy) is 1. The largest absolute Gasteiger partial charge is 0.449 e. The van der Waals surface area contributed by atoms with Crippen LogP contribution in [0.25, 0.3) is 0 Å². The Morgan fingerprint density at radius 3 is 1.84 bits per heavy atom. The van der Waals surface area contributed by atoms with Crippen molar-refractivity contribution in [1.29, 1.82) is 0 Å². The second kappa shape index (κ2) is 4.06. The van der Waals surface area contributed by atoms with Crippen LogP contribution in [0.15, 0.2) is 11.0 Å². The fourth-order valence-electron chi connectivity index (χ4n) is 1.21. The fourth-order valence-corrected chi connectivity index (χ4v) is 1.41. The summed E-state index contributed by atoms with van der Waals surface area (Å²) in [4.78, 5) is 0. The van der Waals surface area contributed by atoms with Gasteiger partial charge < -0.3 is 4.74 Å².